The minimum absolute atomic E-state index is 0.0201. The van der Waals surface area contributed by atoms with E-state index >= 15 is 0 Å². The van der Waals surface area contributed by atoms with Gasteiger partial charge >= 0.3 is 5.97 Å². The minimum atomic E-state index is -0.870. The topological polar surface area (TPSA) is 61.1 Å². The summed E-state index contributed by atoms with van der Waals surface area (Å²) < 4.78 is 0. The number of nitriles is 1. The molecular weight excluding hydrogens is 198 g/mol. The first-order chi connectivity index (χ1) is 6.65. The lowest BCUT2D eigenvalue weighted by molar-refractivity contribution is -0.136. The number of nitrogens with zero attached hydrogens (tertiary/aromatic N) is 1. The van der Waals surface area contributed by atoms with E-state index in [2.05, 4.69) is 12.6 Å². The maximum atomic E-state index is 10.4. The van der Waals surface area contributed by atoms with Gasteiger partial charge in [-0.3, -0.25) is 4.79 Å². The lowest BCUT2D eigenvalue weighted by atomic mass is 10.0. The molecule has 0 amide bonds. The molecule has 0 saturated carbocycles. The Labute approximate surface area is 87.4 Å². The van der Waals surface area contributed by atoms with Gasteiger partial charge in [-0.05, 0) is 24.1 Å². The smallest absolute Gasteiger partial charge is 0.303 e. The zero-order valence-electron chi connectivity index (χ0n) is 7.40. The molecule has 3 nitrogen and oxygen atoms in total. The van der Waals surface area contributed by atoms with Crippen molar-refractivity contribution in [3.63, 3.8) is 0 Å². The summed E-state index contributed by atoms with van der Waals surface area (Å²) in [4.78, 5) is 11.0. The third kappa shape index (κ3) is 2.51. The van der Waals surface area contributed by atoms with Crippen LogP contribution in [0.25, 0.3) is 0 Å². The SMILES string of the molecule is N#Cc1cccc(S)c1CCC(=O)O. The van der Waals surface area contributed by atoms with Gasteiger partial charge in [0.2, 0.25) is 0 Å². The first-order valence-corrected chi connectivity index (χ1v) is 4.52. The van der Waals surface area contributed by atoms with Crippen LogP contribution in [0.1, 0.15) is 17.5 Å². The van der Waals surface area contributed by atoms with Crippen molar-refractivity contribution in [1.29, 1.82) is 5.26 Å². The van der Waals surface area contributed by atoms with Crippen molar-refractivity contribution in [3.8, 4) is 6.07 Å². The molecule has 0 saturated heterocycles. The monoisotopic (exact) mass is 207 g/mol. The normalized spacial score (nSPS) is 9.43. The fourth-order valence-electron chi connectivity index (χ4n) is 1.17. The molecule has 72 valence electrons. The Bertz CT molecular complexity index is 396. The highest BCUT2D eigenvalue weighted by atomic mass is 32.1. The average Bonchev–Trinajstić information content (AvgIpc) is 2.15. The van der Waals surface area contributed by atoms with Crippen LogP contribution >= 0.6 is 12.6 Å². The first-order valence-electron chi connectivity index (χ1n) is 4.08. The van der Waals surface area contributed by atoms with Gasteiger partial charge in [0.15, 0.2) is 0 Å². The van der Waals surface area contributed by atoms with Gasteiger partial charge in [0.1, 0.15) is 0 Å². The zero-order chi connectivity index (χ0) is 10.6. The van der Waals surface area contributed by atoms with Crippen LogP contribution in [0, 0.1) is 11.3 Å². The van der Waals surface area contributed by atoms with E-state index in [1.54, 1.807) is 18.2 Å². The van der Waals surface area contributed by atoms with Crippen LogP contribution in [0.15, 0.2) is 23.1 Å². The van der Waals surface area contributed by atoms with Crippen LogP contribution in [0.2, 0.25) is 0 Å². The van der Waals surface area contributed by atoms with Gasteiger partial charge in [0.25, 0.3) is 0 Å². The number of rotatable bonds is 3. The van der Waals surface area contributed by atoms with Crippen LogP contribution in [0.5, 0.6) is 0 Å². The number of carboxylic acid groups (broad SMARTS) is 1. The molecule has 1 aromatic carbocycles. The van der Waals surface area contributed by atoms with Gasteiger partial charge in [0.05, 0.1) is 11.6 Å². The van der Waals surface area contributed by atoms with Crippen LogP contribution in [0.4, 0.5) is 0 Å². The maximum absolute atomic E-state index is 10.4. The molecule has 0 aliphatic heterocycles. The van der Waals surface area contributed by atoms with E-state index in [9.17, 15) is 4.79 Å². The molecule has 0 aliphatic rings. The summed E-state index contributed by atoms with van der Waals surface area (Å²) in [6.07, 6.45) is 0.365. The number of aliphatic carboxylic acids is 1. The first kappa shape index (κ1) is 10.6. The highest BCUT2D eigenvalue weighted by Gasteiger charge is 2.07. The van der Waals surface area contributed by atoms with E-state index in [0.29, 0.717) is 22.4 Å². The van der Waals surface area contributed by atoms with Crippen molar-refractivity contribution < 1.29 is 9.90 Å². The summed E-state index contributed by atoms with van der Waals surface area (Å²) in [5.74, 6) is -0.870. The highest BCUT2D eigenvalue weighted by molar-refractivity contribution is 7.80. The molecule has 14 heavy (non-hydrogen) atoms. The molecule has 0 aromatic heterocycles. The molecule has 0 atom stereocenters. The fraction of sp³-hybridized carbons (Fsp3) is 0.200. The molecule has 0 bridgehead atoms. The maximum Gasteiger partial charge on any atom is 0.303 e. The second-order valence-electron chi connectivity index (χ2n) is 2.81. The van der Waals surface area contributed by atoms with Gasteiger partial charge in [-0.15, -0.1) is 12.6 Å². The molecule has 0 spiro atoms. The van der Waals surface area contributed by atoms with Crippen LogP contribution in [0.3, 0.4) is 0 Å². The van der Waals surface area contributed by atoms with E-state index in [1.807, 2.05) is 6.07 Å². The van der Waals surface area contributed by atoms with Crippen LogP contribution in [-0.2, 0) is 11.2 Å². The lowest BCUT2D eigenvalue weighted by Crippen LogP contribution is -2.00. The van der Waals surface area contributed by atoms with Gasteiger partial charge in [-0.2, -0.15) is 5.26 Å². The highest BCUT2D eigenvalue weighted by Crippen LogP contribution is 2.19. The minimum Gasteiger partial charge on any atom is -0.481 e. The Hall–Kier alpha value is -1.47. The summed E-state index contributed by atoms with van der Waals surface area (Å²) in [5, 5.41) is 17.3. The van der Waals surface area contributed by atoms with E-state index in [0.717, 1.165) is 0 Å². The predicted octanol–water partition coefficient (Wildman–Crippen LogP) is 1.86. The molecule has 0 radical (unpaired) electrons. The summed E-state index contributed by atoms with van der Waals surface area (Å²) in [7, 11) is 0. The summed E-state index contributed by atoms with van der Waals surface area (Å²) in [6, 6.07) is 7.16. The van der Waals surface area contributed by atoms with Crippen molar-refractivity contribution in [2.75, 3.05) is 0 Å². The number of carbonyl (C=O) groups is 1. The zero-order valence-corrected chi connectivity index (χ0v) is 8.29. The van der Waals surface area contributed by atoms with Gasteiger partial charge in [-0.1, -0.05) is 6.07 Å². The van der Waals surface area contributed by atoms with E-state index in [4.69, 9.17) is 10.4 Å². The molecule has 1 aromatic rings. The lowest BCUT2D eigenvalue weighted by Gasteiger charge is -2.04. The van der Waals surface area contributed by atoms with Crippen molar-refractivity contribution >= 4 is 18.6 Å². The molecule has 0 aliphatic carbocycles. The molecule has 0 fully saturated rings. The quantitative estimate of drug-likeness (QED) is 0.744. The van der Waals surface area contributed by atoms with Crippen molar-refractivity contribution in [3.05, 3.63) is 29.3 Å². The Morgan fingerprint density at radius 1 is 1.57 bits per heavy atom. The number of carboxylic acids is 1. The van der Waals surface area contributed by atoms with Gasteiger partial charge in [0, 0.05) is 11.3 Å². The number of hydrogen-bond donors (Lipinski definition) is 2. The van der Waals surface area contributed by atoms with E-state index in [1.165, 1.54) is 0 Å². The third-order valence-corrected chi connectivity index (χ3v) is 2.28. The number of thiol groups is 1. The standard InChI is InChI=1S/C10H9NO2S/c11-6-7-2-1-3-9(14)8(7)4-5-10(12)13/h1-3,14H,4-5H2,(H,12,13). The van der Waals surface area contributed by atoms with Crippen molar-refractivity contribution in [2.24, 2.45) is 0 Å². The molecule has 0 unspecified atom stereocenters. The van der Waals surface area contributed by atoms with Crippen LogP contribution in [-0.4, -0.2) is 11.1 Å². The predicted molar refractivity (Wildman–Crippen MR) is 54.4 cm³/mol. The number of benzene rings is 1. The average molecular weight is 207 g/mol. The Kier molecular flexibility index (Phi) is 3.55. The summed E-state index contributed by atoms with van der Waals surface area (Å²) >= 11 is 4.18. The number of hydrogen-bond acceptors (Lipinski definition) is 3. The van der Waals surface area contributed by atoms with Gasteiger partial charge in [-0.25, -0.2) is 0 Å². The Balaban J connectivity index is 2.94. The van der Waals surface area contributed by atoms with Gasteiger partial charge < -0.3 is 5.11 Å². The second-order valence-corrected chi connectivity index (χ2v) is 3.29. The van der Waals surface area contributed by atoms with Crippen molar-refractivity contribution in [2.45, 2.75) is 17.7 Å². The molecule has 4 heteroatoms. The molecule has 0 heterocycles. The molecular formula is C10H9NO2S. The fourth-order valence-corrected chi connectivity index (χ4v) is 1.49. The third-order valence-electron chi connectivity index (χ3n) is 1.86. The summed E-state index contributed by atoms with van der Waals surface area (Å²) in [6.45, 7) is 0. The summed E-state index contributed by atoms with van der Waals surface area (Å²) in [5.41, 5.74) is 1.21. The Morgan fingerprint density at radius 3 is 2.86 bits per heavy atom. The molecule has 1 N–H and O–H groups in total. The Morgan fingerprint density at radius 2 is 2.29 bits per heavy atom. The van der Waals surface area contributed by atoms with Crippen LogP contribution < -0.4 is 0 Å². The second kappa shape index (κ2) is 4.68. The van der Waals surface area contributed by atoms with Crippen molar-refractivity contribution in [1.82, 2.24) is 0 Å². The largest absolute Gasteiger partial charge is 0.481 e. The molecule has 1 rings (SSSR count). The van der Waals surface area contributed by atoms with E-state index < -0.39 is 5.97 Å². The van der Waals surface area contributed by atoms with E-state index in [-0.39, 0.29) is 6.42 Å².